The van der Waals surface area contributed by atoms with E-state index in [1.165, 1.54) is 0 Å². The Bertz CT molecular complexity index is 297. The monoisotopic (exact) mass is 256 g/mol. The zero-order valence-corrected chi connectivity index (χ0v) is 11.5. The van der Waals surface area contributed by atoms with Crippen molar-refractivity contribution in [3.8, 4) is 0 Å². The van der Waals surface area contributed by atoms with Crippen molar-refractivity contribution in [3.05, 3.63) is 0 Å². The molecule has 1 amide bonds. The Morgan fingerprint density at radius 2 is 1.89 bits per heavy atom. The molecule has 18 heavy (non-hydrogen) atoms. The maximum absolute atomic E-state index is 12.0. The first-order valence-corrected chi connectivity index (χ1v) is 6.62. The van der Waals surface area contributed by atoms with E-state index in [-0.39, 0.29) is 17.7 Å². The molecule has 1 aliphatic rings. The summed E-state index contributed by atoms with van der Waals surface area (Å²) in [6.07, 6.45) is 2.11. The standard InChI is InChI=1S/C13H24N2O3/c1-9(2)8-11(13(17)18)14-12(16)10-4-6-15(3)7-5-10/h9-11H,4-8H2,1-3H3,(H,14,16)(H,17,18)/t11-/m1/s1. The molecule has 1 aliphatic heterocycles. The maximum Gasteiger partial charge on any atom is 0.326 e. The molecule has 0 aromatic heterocycles. The average molecular weight is 256 g/mol. The molecular formula is C13H24N2O3. The van der Waals surface area contributed by atoms with Crippen LogP contribution in [0.4, 0.5) is 0 Å². The third-order valence-electron chi connectivity index (χ3n) is 3.41. The van der Waals surface area contributed by atoms with Gasteiger partial charge in [0.25, 0.3) is 0 Å². The van der Waals surface area contributed by atoms with E-state index in [0.717, 1.165) is 25.9 Å². The molecule has 1 rings (SSSR count). The molecule has 1 heterocycles. The Labute approximate surface area is 109 Å². The molecule has 5 nitrogen and oxygen atoms in total. The first kappa shape index (κ1) is 15.0. The molecule has 0 aliphatic carbocycles. The topological polar surface area (TPSA) is 69.6 Å². The number of piperidine rings is 1. The van der Waals surface area contributed by atoms with Gasteiger partial charge in [0.15, 0.2) is 0 Å². The van der Waals surface area contributed by atoms with Crippen molar-refractivity contribution < 1.29 is 14.7 Å². The number of rotatable bonds is 5. The summed E-state index contributed by atoms with van der Waals surface area (Å²) in [4.78, 5) is 25.3. The highest BCUT2D eigenvalue weighted by Gasteiger charge is 2.27. The van der Waals surface area contributed by atoms with E-state index in [9.17, 15) is 9.59 Å². The molecule has 5 heteroatoms. The van der Waals surface area contributed by atoms with Gasteiger partial charge in [-0.25, -0.2) is 4.79 Å². The summed E-state index contributed by atoms with van der Waals surface area (Å²) in [5.41, 5.74) is 0. The van der Waals surface area contributed by atoms with Crippen LogP contribution in [0.3, 0.4) is 0 Å². The summed E-state index contributed by atoms with van der Waals surface area (Å²) in [5, 5.41) is 11.8. The van der Waals surface area contributed by atoms with Crippen LogP contribution in [0, 0.1) is 11.8 Å². The van der Waals surface area contributed by atoms with E-state index < -0.39 is 12.0 Å². The fraction of sp³-hybridized carbons (Fsp3) is 0.846. The van der Waals surface area contributed by atoms with Crippen molar-refractivity contribution in [1.82, 2.24) is 10.2 Å². The number of carboxylic acid groups (broad SMARTS) is 1. The van der Waals surface area contributed by atoms with Crippen LogP contribution in [0.15, 0.2) is 0 Å². The van der Waals surface area contributed by atoms with Crippen LogP contribution in [0.1, 0.15) is 33.1 Å². The van der Waals surface area contributed by atoms with Crippen LogP contribution in [0.25, 0.3) is 0 Å². The molecule has 1 saturated heterocycles. The van der Waals surface area contributed by atoms with E-state index in [1.807, 2.05) is 20.9 Å². The number of amides is 1. The number of carbonyl (C=O) groups excluding carboxylic acids is 1. The first-order valence-electron chi connectivity index (χ1n) is 6.62. The Morgan fingerprint density at radius 1 is 1.33 bits per heavy atom. The minimum atomic E-state index is -0.940. The van der Waals surface area contributed by atoms with Gasteiger partial charge in [0.1, 0.15) is 6.04 Å². The lowest BCUT2D eigenvalue weighted by Gasteiger charge is -2.29. The average Bonchev–Trinajstić information content (AvgIpc) is 2.28. The third kappa shape index (κ3) is 4.64. The Kier molecular flexibility index (Phi) is 5.59. The largest absolute Gasteiger partial charge is 0.480 e. The van der Waals surface area contributed by atoms with Crippen molar-refractivity contribution >= 4 is 11.9 Å². The molecule has 104 valence electrons. The molecule has 0 aromatic rings. The number of aliphatic carboxylic acids is 1. The summed E-state index contributed by atoms with van der Waals surface area (Å²) < 4.78 is 0. The predicted molar refractivity (Wildman–Crippen MR) is 69.2 cm³/mol. The number of carboxylic acids is 1. The number of carbonyl (C=O) groups is 2. The molecule has 0 spiro atoms. The van der Waals surface area contributed by atoms with Crippen molar-refractivity contribution in [2.24, 2.45) is 11.8 Å². The molecule has 0 bridgehead atoms. The molecule has 1 atom stereocenters. The van der Waals surface area contributed by atoms with Crippen LogP contribution < -0.4 is 5.32 Å². The van der Waals surface area contributed by atoms with Gasteiger partial charge in [-0.3, -0.25) is 4.79 Å². The summed E-state index contributed by atoms with van der Waals surface area (Å²) in [5.74, 6) is -0.819. The lowest BCUT2D eigenvalue weighted by Crippen LogP contribution is -2.46. The van der Waals surface area contributed by atoms with E-state index in [4.69, 9.17) is 5.11 Å². The second kappa shape index (κ2) is 6.73. The van der Waals surface area contributed by atoms with Crippen molar-refractivity contribution in [2.45, 2.75) is 39.2 Å². The Hall–Kier alpha value is -1.10. The van der Waals surface area contributed by atoms with Gasteiger partial charge in [0.05, 0.1) is 0 Å². The molecule has 0 unspecified atom stereocenters. The maximum atomic E-state index is 12.0. The highest BCUT2D eigenvalue weighted by Crippen LogP contribution is 2.16. The van der Waals surface area contributed by atoms with Gasteiger partial charge in [0.2, 0.25) is 5.91 Å². The van der Waals surface area contributed by atoms with Gasteiger partial charge in [-0.15, -0.1) is 0 Å². The minimum absolute atomic E-state index is 0.0322. The van der Waals surface area contributed by atoms with Crippen LogP contribution in [0.2, 0.25) is 0 Å². The second-order valence-corrected chi connectivity index (χ2v) is 5.61. The van der Waals surface area contributed by atoms with Crippen molar-refractivity contribution in [2.75, 3.05) is 20.1 Å². The Morgan fingerprint density at radius 3 is 2.33 bits per heavy atom. The zero-order valence-electron chi connectivity index (χ0n) is 11.5. The quantitative estimate of drug-likeness (QED) is 0.768. The van der Waals surface area contributed by atoms with Gasteiger partial charge < -0.3 is 15.3 Å². The highest BCUT2D eigenvalue weighted by molar-refractivity contribution is 5.85. The van der Waals surface area contributed by atoms with Gasteiger partial charge in [-0.05, 0) is 45.3 Å². The van der Waals surface area contributed by atoms with Crippen molar-refractivity contribution in [1.29, 1.82) is 0 Å². The molecule has 0 saturated carbocycles. The van der Waals surface area contributed by atoms with Crippen LogP contribution in [-0.2, 0) is 9.59 Å². The lowest BCUT2D eigenvalue weighted by molar-refractivity contribution is -0.143. The van der Waals surface area contributed by atoms with Crippen LogP contribution in [-0.4, -0.2) is 48.1 Å². The minimum Gasteiger partial charge on any atom is -0.480 e. The predicted octanol–water partition coefficient (Wildman–Crippen LogP) is 0.944. The van der Waals surface area contributed by atoms with E-state index in [1.54, 1.807) is 0 Å². The van der Waals surface area contributed by atoms with Crippen LogP contribution >= 0.6 is 0 Å². The van der Waals surface area contributed by atoms with Crippen LogP contribution in [0.5, 0.6) is 0 Å². The molecule has 1 fully saturated rings. The number of hydrogen-bond acceptors (Lipinski definition) is 3. The third-order valence-corrected chi connectivity index (χ3v) is 3.41. The number of hydrogen-bond donors (Lipinski definition) is 2. The smallest absolute Gasteiger partial charge is 0.326 e. The molecule has 0 aromatic carbocycles. The number of nitrogens with zero attached hydrogens (tertiary/aromatic N) is 1. The number of likely N-dealkylation sites (tertiary alicyclic amines) is 1. The molecule has 2 N–H and O–H groups in total. The second-order valence-electron chi connectivity index (χ2n) is 5.61. The molecular weight excluding hydrogens is 232 g/mol. The Balaban J connectivity index is 2.48. The van der Waals surface area contributed by atoms with Gasteiger partial charge in [0, 0.05) is 5.92 Å². The van der Waals surface area contributed by atoms with Gasteiger partial charge in [-0.2, -0.15) is 0 Å². The summed E-state index contributed by atoms with van der Waals surface area (Å²) in [6.45, 7) is 5.72. The summed E-state index contributed by atoms with van der Waals surface area (Å²) >= 11 is 0. The summed E-state index contributed by atoms with van der Waals surface area (Å²) in [7, 11) is 2.03. The van der Waals surface area contributed by atoms with E-state index in [2.05, 4.69) is 10.2 Å². The SMILES string of the molecule is CC(C)C[C@@H](NC(=O)C1CCN(C)CC1)C(=O)O. The zero-order chi connectivity index (χ0) is 13.7. The normalized spacial score (nSPS) is 19.8. The summed E-state index contributed by atoms with van der Waals surface area (Å²) in [6, 6.07) is -0.753. The van der Waals surface area contributed by atoms with E-state index >= 15 is 0 Å². The first-order chi connectivity index (χ1) is 8.40. The fourth-order valence-corrected chi connectivity index (χ4v) is 2.25. The lowest BCUT2D eigenvalue weighted by atomic mass is 9.95. The fourth-order valence-electron chi connectivity index (χ4n) is 2.25. The number of nitrogens with one attached hydrogen (secondary N) is 1. The van der Waals surface area contributed by atoms with Gasteiger partial charge in [-0.1, -0.05) is 13.8 Å². The highest BCUT2D eigenvalue weighted by atomic mass is 16.4. The van der Waals surface area contributed by atoms with E-state index in [0.29, 0.717) is 6.42 Å². The van der Waals surface area contributed by atoms with Crippen molar-refractivity contribution in [3.63, 3.8) is 0 Å². The van der Waals surface area contributed by atoms with Gasteiger partial charge >= 0.3 is 5.97 Å². The molecule has 0 radical (unpaired) electrons.